The van der Waals surface area contributed by atoms with E-state index in [1.807, 2.05) is 27.7 Å². The van der Waals surface area contributed by atoms with Crippen molar-refractivity contribution < 1.29 is 45.8 Å². The van der Waals surface area contributed by atoms with Crippen molar-refractivity contribution >= 4 is 24.2 Å². The molecule has 1 aromatic heterocycles. The van der Waals surface area contributed by atoms with Crippen LogP contribution in [0.4, 0.5) is 17.6 Å². The summed E-state index contributed by atoms with van der Waals surface area (Å²) in [6.07, 6.45) is -5.95. The van der Waals surface area contributed by atoms with Gasteiger partial charge in [0, 0.05) is 11.6 Å². The largest absolute Gasteiger partial charge is 0.586 e. The molecular weight excluding hydrogens is 535 g/mol. The van der Waals surface area contributed by atoms with Gasteiger partial charge in [-0.3, -0.25) is 0 Å². The molecule has 8 nitrogen and oxygen atoms in total. The number of benzene rings is 2. The highest BCUT2D eigenvalue weighted by Crippen LogP contribution is 2.43. The topological polar surface area (TPSA) is 81.2 Å². The molecule has 0 radical (unpaired) electrons. The van der Waals surface area contributed by atoms with Crippen LogP contribution in [0.5, 0.6) is 23.0 Å². The summed E-state index contributed by atoms with van der Waals surface area (Å²) in [6.45, 7) is 7.70. The zero-order valence-corrected chi connectivity index (χ0v) is 21.2. The summed E-state index contributed by atoms with van der Waals surface area (Å²) in [5.74, 6) is -0.0476. The summed E-state index contributed by atoms with van der Waals surface area (Å²) in [7, 11) is -0.622. The van der Waals surface area contributed by atoms with Crippen molar-refractivity contribution in [2.75, 3.05) is 0 Å². The lowest BCUT2D eigenvalue weighted by Gasteiger charge is -2.32. The maximum atomic E-state index is 13.0. The fourth-order valence-electron chi connectivity index (χ4n) is 3.69. The second kappa shape index (κ2) is 8.89. The standard InChI is InChI=1S/C13H15BF2O4.C11H5ClF2N2O2/c1-11(2)12(3,4)20-14(19-11)8-5-6-9-10(7-8)18-13(15,16)17-9;12-10-4-7(15-5-16-10)6-1-2-8-9(3-6)18-11(13,14)17-8/h5-7H,1-4H3;1-5H. The summed E-state index contributed by atoms with van der Waals surface area (Å²) >= 11 is 5.73. The Morgan fingerprint density at radius 1 is 0.684 bits per heavy atom. The molecule has 6 rings (SSSR count). The molecule has 200 valence electrons. The number of rotatable bonds is 2. The van der Waals surface area contributed by atoms with Gasteiger partial charge in [0.2, 0.25) is 0 Å². The van der Waals surface area contributed by atoms with Crippen LogP contribution in [0.1, 0.15) is 27.7 Å². The Labute approximate surface area is 219 Å². The summed E-state index contributed by atoms with van der Waals surface area (Å²) in [5.41, 5.74) is 0.732. The number of fused-ring (bicyclic) bond motifs is 2. The van der Waals surface area contributed by atoms with Gasteiger partial charge in [0.25, 0.3) is 0 Å². The maximum absolute atomic E-state index is 13.0. The molecule has 0 N–H and O–H groups in total. The van der Waals surface area contributed by atoms with Crippen LogP contribution >= 0.6 is 11.6 Å². The second-order valence-electron chi connectivity index (χ2n) is 9.52. The van der Waals surface area contributed by atoms with Gasteiger partial charge in [-0.25, -0.2) is 9.97 Å². The Kier molecular flexibility index (Phi) is 6.16. The molecule has 14 heteroatoms. The van der Waals surface area contributed by atoms with Gasteiger partial charge in [-0.1, -0.05) is 17.7 Å². The zero-order chi connectivity index (χ0) is 27.5. The van der Waals surface area contributed by atoms with Crippen molar-refractivity contribution in [1.82, 2.24) is 9.97 Å². The number of hydrogen-bond acceptors (Lipinski definition) is 8. The average Bonchev–Trinajstić information content (AvgIpc) is 3.37. The summed E-state index contributed by atoms with van der Waals surface area (Å²) in [4.78, 5) is 7.73. The van der Waals surface area contributed by atoms with Crippen LogP contribution < -0.4 is 24.4 Å². The van der Waals surface area contributed by atoms with Gasteiger partial charge >= 0.3 is 19.7 Å². The van der Waals surface area contributed by atoms with Crippen molar-refractivity contribution in [2.24, 2.45) is 0 Å². The SMILES string of the molecule is CC1(C)OB(c2ccc3c(c2)OC(F)(F)O3)OC1(C)C.FC1(F)Oc2ccc(-c3cc(Cl)ncn3)cc2O1. The number of hydrogen-bond donors (Lipinski definition) is 0. The average molecular weight is 555 g/mol. The van der Waals surface area contributed by atoms with Gasteiger partial charge < -0.3 is 28.3 Å². The monoisotopic (exact) mass is 554 g/mol. The molecule has 4 heterocycles. The van der Waals surface area contributed by atoms with Crippen LogP contribution in [0.3, 0.4) is 0 Å². The predicted octanol–water partition coefficient (Wildman–Crippen LogP) is 5.43. The third-order valence-electron chi connectivity index (χ3n) is 6.28. The number of alkyl halides is 4. The zero-order valence-electron chi connectivity index (χ0n) is 20.4. The van der Waals surface area contributed by atoms with Crippen LogP contribution in [-0.2, 0) is 9.31 Å². The maximum Gasteiger partial charge on any atom is 0.586 e. The fourth-order valence-corrected chi connectivity index (χ4v) is 3.84. The van der Waals surface area contributed by atoms with E-state index in [1.165, 1.54) is 36.7 Å². The second-order valence-corrected chi connectivity index (χ2v) is 9.90. The molecule has 0 atom stereocenters. The lowest BCUT2D eigenvalue weighted by molar-refractivity contribution is -0.287. The molecule has 3 aliphatic heterocycles. The summed E-state index contributed by atoms with van der Waals surface area (Å²) in [5, 5.41) is 0.267. The van der Waals surface area contributed by atoms with E-state index < -0.39 is 30.9 Å². The van der Waals surface area contributed by atoms with E-state index in [1.54, 1.807) is 12.1 Å². The number of nitrogens with zero attached hydrogens (tertiary/aromatic N) is 2. The van der Waals surface area contributed by atoms with Gasteiger partial charge in [0.1, 0.15) is 11.5 Å². The normalized spacial score (nSPS) is 20.6. The Bertz CT molecular complexity index is 1380. The highest BCUT2D eigenvalue weighted by atomic mass is 35.5. The van der Waals surface area contributed by atoms with Crippen molar-refractivity contribution in [2.45, 2.75) is 51.5 Å². The molecule has 0 bridgehead atoms. The molecule has 3 aromatic rings. The highest BCUT2D eigenvalue weighted by Gasteiger charge is 2.52. The predicted molar refractivity (Wildman–Crippen MR) is 127 cm³/mol. The molecule has 38 heavy (non-hydrogen) atoms. The van der Waals surface area contributed by atoms with E-state index in [-0.39, 0.29) is 28.2 Å². The number of aromatic nitrogens is 2. The quantitative estimate of drug-likeness (QED) is 0.236. The van der Waals surface area contributed by atoms with E-state index >= 15 is 0 Å². The minimum atomic E-state index is -3.62. The van der Waals surface area contributed by atoms with E-state index in [0.29, 0.717) is 16.7 Å². The molecule has 2 aromatic carbocycles. The van der Waals surface area contributed by atoms with Crippen LogP contribution in [-0.4, -0.2) is 40.9 Å². The third kappa shape index (κ3) is 5.18. The van der Waals surface area contributed by atoms with Crippen molar-refractivity contribution in [3.8, 4) is 34.3 Å². The molecule has 0 amide bonds. The molecule has 0 unspecified atom stereocenters. The molecule has 0 aliphatic carbocycles. The van der Waals surface area contributed by atoms with Crippen LogP contribution in [0, 0.1) is 0 Å². The minimum Gasteiger partial charge on any atom is -0.399 e. The van der Waals surface area contributed by atoms with Gasteiger partial charge in [-0.2, -0.15) is 0 Å². The summed E-state index contributed by atoms with van der Waals surface area (Å²) in [6, 6.07) is 10.4. The summed E-state index contributed by atoms with van der Waals surface area (Å²) < 4.78 is 80.8. The van der Waals surface area contributed by atoms with Gasteiger partial charge in [-0.15, -0.1) is 17.6 Å². The van der Waals surface area contributed by atoms with Crippen LogP contribution in [0.2, 0.25) is 5.15 Å². The lowest BCUT2D eigenvalue weighted by Crippen LogP contribution is -2.41. The van der Waals surface area contributed by atoms with E-state index in [2.05, 4.69) is 28.9 Å². The molecule has 3 aliphatic rings. The van der Waals surface area contributed by atoms with Crippen LogP contribution in [0.15, 0.2) is 48.8 Å². The van der Waals surface area contributed by atoms with Gasteiger partial charge in [-0.05, 0) is 63.5 Å². The number of halogens is 5. The fraction of sp³-hybridized carbons (Fsp3) is 0.333. The Balaban J connectivity index is 0.000000156. The molecule has 0 saturated carbocycles. The molecule has 1 fully saturated rings. The molecule has 0 spiro atoms. The highest BCUT2D eigenvalue weighted by molar-refractivity contribution is 6.62. The Morgan fingerprint density at radius 3 is 1.79 bits per heavy atom. The van der Waals surface area contributed by atoms with E-state index in [9.17, 15) is 17.6 Å². The van der Waals surface area contributed by atoms with E-state index in [4.69, 9.17) is 20.9 Å². The van der Waals surface area contributed by atoms with E-state index in [0.717, 1.165) is 0 Å². The first-order valence-corrected chi connectivity index (χ1v) is 11.6. The van der Waals surface area contributed by atoms with Crippen molar-refractivity contribution in [1.29, 1.82) is 0 Å². The van der Waals surface area contributed by atoms with Gasteiger partial charge in [0.15, 0.2) is 23.0 Å². The van der Waals surface area contributed by atoms with Gasteiger partial charge in [0.05, 0.1) is 16.9 Å². The van der Waals surface area contributed by atoms with Crippen molar-refractivity contribution in [3.63, 3.8) is 0 Å². The first kappa shape index (κ1) is 26.3. The first-order valence-electron chi connectivity index (χ1n) is 11.3. The minimum absolute atomic E-state index is 0.00951. The smallest absolute Gasteiger partial charge is 0.399 e. The number of ether oxygens (including phenoxy) is 4. The van der Waals surface area contributed by atoms with Crippen LogP contribution in [0.25, 0.3) is 11.3 Å². The Morgan fingerprint density at radius 2 is 1.21 bits per heavy atom. The van der Waals surface area contributed by atoms with Crippen molar-refractivity contribution in [3.05, 3.63) is 53.9 Å². The lowest BCUT2D eigenvalue weighted by atomic mass is 9.79. The Hall–Kier alpha value is -3.29. The molecular formula is C24H20BClF4N2O6. The molecule has 1 saturated heterocycles. The first-order chi connectivity index (χ1) is 17.6. The third-order valence-corrected chi connectivity index (χ3v) is 6.49.